The van der Waals surface area contributed by atoms with Gasteiger partial charge >= 0.3 is 0 Å². The molecule has 3 aliphatic carbocycles. The van der Waals surface area contributed by atoms with Gasteiger partial charge in [0.25, 0.3) is 0 Å². The Hall–Kier alpha value is -0.380. The highest BCUT2D eigenvalue weighted by atomic mass is 16.5. The molecule has 1 aliphatic heterocycles. The van der Waals surface area contributed by atoms with Gasteiger partial charge in [-0.1, -0.05) is 32.4 Å². The van der Waals surface area contributed by atoms with Crippen LogP contribution in [0.4, 0.5) is 0 Å². The van der Waals surface area contributed by atoms with Crippen molar-refractivity contribution in [1.82, 2.24) is 0 Å². The molecular formula is C19H30O3. The molecule has 4 rings (SSSR count). The fourth-order valence-electron chi connectivity index (χ4n) is 6.07. The van der Waals surface area contributed by atoms with Gasteiger partial charge in [-0.15, -0.1) is 0 Å². The van der Waals surface area contributed by atoms with E-state index in [2.05, 4.69) is 26.8 Å². The van der Waals surface area contributed by atoms with Crippen molar-refractivity contribution < 1.29 is 14.9 Å². The third-order valence-corrected chi connectivity index (χ3v) is 7.85. The van der Waals surface area contributed by atoms with Crippen molar-refractivity contribution in [2.45, 2.75) is 71.2 Å². The molecule has 1 heterocycles. The quantitative estimate of drug-likeness (QED) is 0.677. The second-order valence-corrected chi connectivity index (χ2v) is 8.90. The second-order valence-electron chi connectivity index (χ2n) is 8.90. The summed E-state index contributed by atoms with van der Waals surface area (Å²) in [4.78, 5) is 0. The third kappa shape index (κ3) is 1.85. The first-order valence-corrected chi connectivity index (χ1v) is 9.05. The Morgan fingerprint density at radius 1 is 1.18 bits per heavy atom. The topological polar surface area (TPSA) is 49.7 Å². The first kappa shape index (κ1) is 15.2. The Bertz CT molecular complexity index is 501. The van der Waals surface area contributed by atoms with E-state index in [9.17, 15) is 10.2 Å². The molecular weight excluding hydrogens is 276 g/mol. The van der Waals surface area contributed by atoms with E-state index in [0.29, 0.717) is 18.3 Å². The summed E-state index contributed by atoms with van der Waals surface area (Å²) in [6.07, 6.45) is 6.56. The molecule has 0 aromatic rings. The number of hydrogen-bond acceptors (Lipinski definition) is 3. The summed E-state index contributed by atoms with van der Waals surface area (Å²) >= 11 is 0. The van der Waals surface area contributed by atoms with E-state index in [1.54, 1.807) is 0 Å². The Kier molecular flexibility index (Phi) is 3.32. The van der Waals surface area contributed by atoms with Crippen LogP contribution in [0, 0.1) is 28.6 Å². The highest BCUT2D eigenvalue weighted by Crippen LogP contribution is 2.61. The van der Waals surface area contributed by atoms with Crippen LogP contribution in [0.1, 0.15) is 52.9 Å². The number of aliphatic hydroxyl groups excluding tert-OH is 2. The normalized spacial score (nSPS) is 57.6. The van der Waals surface area contributed by atoms with Crippen LogP contribution in [0.5, 0.6) is 0 Å². The lowest BCUT2D eigenvalue weighted by atomic mass is 9.54. The van der Waals surface area contributed by atoms with E-state index in [0.717, 1.165) is 19.4 Å². The van der Waals surface area contributed by atoms with Gasteiger partial charge in [-0.25, -0.2) is 0 Å². The molecule has 0 aromatic carbocycles. The van der Waals surface area contributed by atoms with Crippen LogP contribution < -0.4 is 0 Å². The predicted octanol–water partition coefficient (Wildman–Crippen LogP) is 2.91. The van der Waals surface area contributed by atoms with Crippen molar-refractivity contribution in [3.05, 3.63) is 11.6 Å². The molecule has 2 saturated carbocycles. The summed E-state index contributed by atoms with van der Waals surface area (Å²) in [5.41, 5.74) is 1.46. The lowest BCUT2D eigenvalue weighted by Gasteiger charge is -2.58. The summed E-state index contributed by atoms with van der Waals surface area (Å²) < 4.78 is 6.46. The molecule has 0 aromatic heterocycles. The highest BCUT2D eigenvalue weighted by Gasteiger charge is 2.60. The van der Waals surface area contributed by atoms with Crippen LogP contribution in [0.3, 0.4) is 0 Å². The van der Waals surface area contributed by atoms with Crippen molar-refractivity contribution in [1.29, 1.82) is 0 Å². The van der Waals surface area contributed by atoms with Gasteiger partial charge in [0, 0.05) is 11.3 Å². The first-order chi connectivity index (χ1) is 10.4. The van der Waals surface area contributed by atoms with Crippen LogP contribution in [0.2, 0.25) is 0 Å². The van der Waals surface area contributed by atoms with E-state index in [-0.39, 0.29) is 29.0 Å². The van der Waals surface area contributed by atoms with Gasteiger partial charge in [-0.2, -0.15) is 0 Å². The second kappa shape index (κ2) is 4.81. The molecule has 2 N–H and O–H groups in total. The van der Waals surface area contributed by atoms with E-state index in [1.807, 2.05) is 0 Å². The van der Waals surface area contributed by atoms with E-state index < -0.39 is 6.10 Å². The molecule has 3 fully saturated rings. The Morgan fingerprint density at radius 3 is 2.73 bits per heavy atom. The summed E-state index contributed by atoms with van der Waals surface area (Å²) in [5, 5.41) is 20.9. The van der Waals surface area contributed by atoms with Crippen molar-refractivity contribution in [3.8, 4) is 0 Å². The summed E-state index contributed by atoms with van der Waals surface area (Å²) in [7, 11) is 0. The SMILES string of the molecule is C[C@H]1CCC2C3C(OC[C@@]21C)[C@@]1(C)CC[C@H](O)CC1=C[C@@H]3O. The van der Waals surface area contributed by atoms with Crippen LogP contribution >= 0.6 is 0 Å². The van der Waals surface area contributed by atoms with E-state index in [4.69, 9.17) is 4.74 Å². The van der Waals surface area contributed by atoms with Crippen molar-refractivity contribution in [2.75, 3.05) is 6.61 Å². The lowest BCUT2D eigenvalue weighted by molar-refractivity contribution is -0.198. The number of fused-ring (bicyclic) bond motifs is 5. The van der Waals surface area contributed by atoms with Gasteiger partial charge in [-0.05, 0) is 49.4 Å². The first-order valence-electron chi connectivity index (χ1n) is 9.05. The zero-order valence-corrected chi connectivity index (χ0v) is 14.1. The minimum atomic E-state index is -0.409. The monoisotopic (exact) mass is 306 g/mol. The zero-order chi connectivity index (χ0) is 15.7. The van der Waals surface area contributed by atoms with Gasteiger partial charge in [0.2, 0.25) is 0 Å². The third-order valence-electron chi connectivity index (χ3n) is 7.85. The molecule has 3 unspecified atom stereocenters. The molecule has 4 aliphatic rings. The average molecular weight is 306 g/mol. The maximum atomic E-state index is 10.9. The molecule has 0 spiro atoms. The molecule has 0 amide bonds. The van der Waals surface area contributed by atoms with Gasteiger partial charge in [0.15, 0.2) is 0 Å². The van der Waals surface area contributed by atoms with Gasteiger partial charge in [0.1, 0.15) is 0 Å². The van der Waals surface area contributed by atoms with Crippen molar-refractivity contribution in [3.63, 3.8) is 0 Å². The number of rotatable bonds is 0. The summed E-state index contributed by atoms with van der Waals surface area (Å²) in [6, 6.07) is 0. The minimum Gasteiger partial charge on any atom is -0.393 e. The number of hydrogen-bond donors (Lipinski definition) is 2. The fourth-order valence-corrected chi connectivity index (χ4v) is 6.07. The molecule has 0 radical (unpaired) electrons. The average Bonchev–Trinajstić information content (AvgIpc) is 2.77. The Balaban J connectivity index is 1.73. The smallest absolute Gasteiger partial charge is 0.0779 e. The maximum absolute atomic E-state index is 10.9. The number of ether oxygens (including phenoxy) is 1. The fraction of sp³-hybridized carbons (Fsp3) is 0.895. The lowest BCUT2D eigenvalue weighted by Crippen LogP contribution is -2.60. The Morgan fingerprint density at radius 2 is 1.95 bits per heavy atom. The molecule has 1 saturated heterocycles. The zero-order valence-electron chi connectivity index (χ0n) is 14.1. The predicted molar refractivity (Wildman–Crippen MR) is 85.3 cm³/mol. The van der Waals surface area contributed by atoms with Crippen LogP contribution in [0.25, 0.3) is 0 Å². The summed E-state index contributed by atoms with van der Waals surface area (Å²) in [6.45, 7) is 7.84. The molecule has 0 bridgehead atoms. The number of aliphatic hydroxyl groups is 2. The maximum Gasteiger partial charge on any atom is 0.0779 e. The molecule has 8 atom stereocenters. The Labute approximate surface area is 133 Å². The van der Waals surface area contributed by atoms with Crippen molar-refractivity contribution >= 4 is 0 Å². The molecule has 3 nitrogen and oxygen atoms in total. The minimum absolute atomic E-state index is 0.0102. The molecule has 124 valence electrons. The standard InChI is InChI=1S/C19H30O3/c1-11-4-5-14-16-15(21)9-12-8-13(20)6-7-18(12,2)17(16)22-10-19(11,14)3/h9,11,13-17,20-21H,4-8,10H2,1-3H3/t11-,13-,14?,15-,16?,17?,18-,19+/m0/s1. The largest absolute Gasteiger partial charge is 0.393 e. The van der Waals surface area contributed by atoms with Crippen LogP contribution in [0.15, 0.2) is 11.6 Å². The van der Waals surface area contributed by atoms with Gasteiger partial charge < -0.3 is 14.9 Å². The van der Waals surface area contributed by atoms with Gasteiger partial charge in [0.05, 0.1) is 24.9 Å². The molecule has 3 heteroatoms. The van der Waals surface area contributed by atoms with E-state index >= 15 is 0 Å². The van der Waals surface area contributed by atoms with Crippen LogP contribution in [-0.4, -0.2) is 35.1 Å². The van der Waals surface area contributed by atoms with Gasteiger partial charge in [-0.3, -0.25) is 0 Å². The summed E-state index contributed by atoms with van der Waals surface area (Å²) in [5.74, 6) is 1.47. The highest BCUT2D eigenvalue weighted by molar-refractivity contribution is 5.28. The van der Waals surface area contributed by atoms with Crippen LogP contribution in [-0.2, 0) is 4.74 Å². The van der Waals surface area contributed by atoms with E-state index in [1.165, 1.54) is 18.4 Å². The van der Waals surface area contributed by atoms with Crippen molar-refractivity contribution in [2.24, 2.45) is 28.6 Å². The molecule has 22 heavy (non-hydrogen) atoms.